The van der Waals surface area contributed by atoms with Gasteiger partial charge in [0.15, 0.2) is 0 Å². The van der Waals surface area contributed by atoms with Crippen LogP contribution in [0, 0.1) is 11.3 Å². The van der Waals surface area contributed by atoms with Crippen molar-refractivity contribution in [2.24, 2.45) is 0 Å². The highest BCUT2D eigenvalue weighted by atomic mass is 15.2. The van der Waals surface area contributed by atoms with Crippen LogP contribution in [0.2, 0.25) is 0 Å². The Labute approximate surface area is 80.7 Å². The van der Waals surface area contributed by atoms with Crippen molar-refractivity contribution in [3.63, 3.8) is 0 Å². The Hall–Kier alpha value is -0.590. The van der Waals surface area contributed by atoms with E-state index in [0.717, 1.165) is 26.2 Å². The lowest BCUT2D eigenvalue weighted by molar-refractivity contribution is 0.211. The first-order valence-electron chi connectivity index (χ1n) is 5.20. The number of nitriles is 1. The van der Waals surface area contributed by atoms with Gasteiger partial charge < -0.3 is 5.32 Å². The smallest absolute Gasteiger partial charge is 0.0638 e. The molecule has 1 fully saturated rings. The average Bonchev–Trinajstić information content (AvgIpc) is 2.33. The minimum Gasteiger partial charge on any atom is -0.315 e. The van der Waals surface area contributed by atoms with E-state index in [0.29, 0.717) is 12.5 Å². The van der Waals surface area contributed by atoms with E-state index in [1.54, 1.807) is 0 Å². The molecule has 1 heterocycles. The van der Waals surface area contributed by atoms with Crippen LogP contribution in [0.25, 0.3) is 0 Å². The molecule has 0 aromatic heterocycles. The topological polar surface area (TPSA) is 39.1 Å². The molecule has 0 bridgehead atoms. The molecule has 0 saturated carbocycles. The fourth-order valence-corrected chi connectivity index (χ4v) is 1.88. The van der Waals surface area contributed by atoms with Crippen LogP contribution in [-0.2, 0) is 0 Å². The quantitative estimate of drug-likeness (QED) is 0.705. The van der Waals surface area contributed by atoms with Gasteiger partial charge in [-0.25, -0.2) is 0 Å². The molecule has 0 amide bonds. The van der Waals surface area contributed by atoms with Gasteiger partial charge in [-0.1, -0.05) is 6.92 Å². The molecule has 3 heteroatoms. The highest BCUT2D eigenvalue weighted by Crippen LogP contribution is 2.07. The van der Waals surface area contributed by atoms with E-state index in [4.69, 9.17) is 5.26 Å². The van der Waals surface area contributed by atoms with Gasteiger partial charge in [-0.3, -0.25) is 4.90 Å². The highest BCUT2D eigenvalue weighted by molar-refractivity contribution is 4.86. The molecule has 0 spiro atoms. The van der Waals surface area contributed by atoms with Crippen LogP contribution in [0.5, 0.6) is 0 Å². The second-order valence-corrected chi connectivity index (χ2v) is 3.61. The van der Waals surface area contributed by atoms with Crippen LogP contribution >= 0.6 is 0 Å². The van der Waals surface area contributed by atoms with Crippen molar-refractivity contribution < 1.29 is 0 Å². The predicted octanol–water partition coefficient (Wildman–Crippen LogP) is 0.974. The van der Waals surface area contributed by atoms with E-state index < -0.39 is 0 Å². The summed E-state index contributed by atoms with van der Waals surface area (Å²) in [7, 11) is 0. The van der Waals surface area contributed by atoms with Crippen molar-refractivity contribution in [2.75, 3.05) is 26.2 Å². The monoisotopic (exact) mass is 181 g/mol. The van der Waals surface area contributed by atoms with Crippen molar-refractivity contribution in [3.8, 4) is 6.07 Å². The normalized spacial score (nSPS) is 25.1. The summed E-state index contributed by atoms with van der Waals surface area (Å²) in [4.78, 5) is 2.45. The zero-order valence-corrected chi connectivity index (χ0v) is 8.42. The third kappa shape index (κ3) is 3.33. The maximum atomic E-state index is 8.69. The summed E-state index contributed by atoms with van der Waals surface area (Å²) >= 11 is 0. The number of nitrogens with zero attached hydrogens (tertiary/aromatic N) is 2. The first-order chi connectivity index (χ1) is 6.38. The van der Waals surface area contributed by atoms with Crippen LogP contribution in [0.4, 0.5) is 0 Å². The maximum absolute atomic E-state index is 8.69. The van der Waals surface area contributed by atoms with Gasteiger partial charge in [-0.05, 0) is 32.5 Å². The summed E-state index contributed by atoms with van der Waals surface area (Å²) in [5.74, 6) is 0. The third-order valence-corrected chi connectivity index (χ3v) is 2.53. The van der Waals surface area contributed by atoms with Gasteiger partial charge in [0, 0.05) is 12.6 Å². The number of rotatable bonds is 3. The zero-order valence-electron chi connectivity index (χ0n) is 8.42. The zero-order chi connectivity index (χ0) is 9.52. The van der Waals surface area contributed by atoms with Crippen molar-refractivity contribution in [3.05, 3.63) is 0 Å². The summed E-state index contributed by atoms with van der Waals surface area (Å²) in [6.45, 7) is 6.55. The lowest BCUT2D eigenvalue weighted by atomic mass is 10.2. The Morgan fingerprint density at radius 1 is 1.62 bits per heavy atom. The largest absolute Gasteiger partial charge is 0.315 e. The molecule has 1 rings (SSSR count). The first-order valence-corrected chi connectivity index (χ1v) is 5.20. The van der Waals surface area contributed by atoms with E-state index in [1.165, 1.54) is 12.8 Å². The van der Waals surface area contributed by atoms with Gasteiger partial charge in [0.2, 0.25) is 0 Å². The summed E-state index contributed by atoms with van der Waals surface area (Å²) in [6.07, 6.45) is 3.05. The molecule has 1 atom stereocenters. The average molecular weight is 181 g/mol. The fraction of sp³-hybridized carbons (Fsp3) is 0.900. The molecular weight excluding hydrogens is 162 g/mol. The van der Waals surface area contributed by atoms with Gasteiger partial charge in [-0.15, -0.1) is 0 Å². The molecule has 3 nitrogen and oxygen atoms in total. The molecule has 1 unspecified atom stereocenters. The van der Waals surface area contributed by atoms with Gasteiger partial charge in [0.1, 0.15) is 0 Å². The van der Waals surface area contributed by atoms with Crippen molar-refractivity contribution in [1.29, 1.82) is 5.26 Å². The summed E-state index contributed by atoms with van der Waals surface area (Å²) < 4.78 is 0. The lowest BCUT2D eigenvalue weighted by Crippen LogP contribution is -2.39. The van der Waals surface area contributed by atoms with E-state index in [-0.39, 0.29) is 0 Å². The van der Waals surface area contributed by atoms with E-state index >= 15 is 0 Å². The van der Waals surface area contributed by atoms with Gasteiger partial charge in [-0.2, -0.15) is 5.26 Å². The van der Waals surface area contributed by atoms with Crippen LogP contribution in [0.1, 0.15) is 26.2 Å². The van der Waals surface area contributed by atoms with Gasteiger partial charge >= 0.3 is 0 Å². The first kappa shape index (κ1) is 10.5. The summed E-state index contributed by atoms with van der Waals surface area (Å²) in [5, 5.41) is 12.1. The van der Waals surface area contributed by atoms with Gasteiger partial charge in [0.25, 0.3) is 0 Å². The number of nitrogens with one attached hydrogen (secondary N) is 1. The fourth-order valence-electron chi connectivity index (χ4n) is 1.88. The molecule has 0 aliphatic carbocycles. The third-order valence-electron chi connectivity index (χ3n) is 2.53. The van der Waals surface area contributed by atoms with E-state index in [1.807, 2.05) is 0 Å². The second kappa shape index (κ2) is 5.95. The molecular formula is C10H19N3. The molecule has 1 saturated heterocycles. The molecule has 0 radical (unpaired) electrons. The van der Waals surface area contributed by atoms with Crippen LogP contribution in [0.3, 0.4) is 0 Å². The molecule has 13 heavy (non-hydrogen) atoms. The summed E-state index contributed by atoms with van der Waals surface area (Å²) in [6, 6.07) is 2.71. The second-order valence-electron chi connectivity index (χ2n) is 3.61. The van der Waals surface area contributed by atoms with Crippen molar-refractivity contribution in [1.82, 2.24) is 10.2 Å². The van der Waals surface area contributed by atoms with E-state index in [9.17, 15) is 0 Å². The number of hydrogen-bond acceptors (Lipinski definition) is 3. The Morgan fingerprint density at radius 2 is 2.46 bits per heavy atom. The minimum atomic E-state index is 0.437. The standard InChI is InChI=1S/C10H19N3/c1-2-7-13-8-3-6-12-9-10(13)4-5-11/h10,12H,2-4,6-9H2,1H3. The van der Waals surface area contributed by atoms with Crippen molar-refractivity contribution >= 4 is 0 Å². The maximum Gasteiger partial charge on any atom is 0.0638 e. The van der Waals surface area contributed by atoms with E-state index in [2.05, 4.69) is 23.2 Å². The Balaban J connectivity index is 2.46. The Morgan fingerprint density at radius 3 is 3.15 bits per heavy atom. The van der Waals surface area contributed by atoms with Crippen LogP contribution in [0.15, 0.2) is 0 Å². The molecule has 1 aliphatic rings. The summed E-state index contributed by atoms with van der Waals surface area (Å²) in [5.41, 5.74) is 0. The molecule has 0 aromatic rings. The van der Waals surface area contributed by atoms with Gasteiger partial charge in [0.05, 0.1) is 12.5 Å². The van der Waals surface area contributed by atoms with Crippen LogP contribution in [-0.4, -0.2) is 37.1 Å². The predicted molar refractivity (Wildman–Crippen MR) is 53.4 cm³/mol. The molecule has 0 aromatic carbocycles. The Bertz CT molecular complexity index is 173. The molecule has 1 aliphatic heterocycles. The molecule has 74 valence electrons. The highest BCUT2D eigenvalue weighted by Gasteiger charge is 2.19. The van der Waals surface area contributed by atoms with Crippen molar-refractivity contribution in [2.45, 2.75) is 32.2 Å². The lowest BCUT2D eigenvalue weighted by Gasteiger charge is -2.27. The Kier molecular flexibility index (Phi) is 4.81. The van der Waals surface area contributed by atoms with Crippen LogP contribution < -0.4 is 5.32 Å². The SMILES string of the molecule is CCCN1CCCNCC1CC#N. The minimum absolute atomic E-state index is 0.437. The number of hydrogen-bond donors (Lipinski definition) is 1. The molecule has 1 N–H and O–H groups in total.